The summed E-state index contributed by atoms with van der Waals surface area (Å²) in [6, 6.07) is 18.6. The number of amides is 1. The Morgan fingerprint density at radius 2 is 1.33 bits per heavy atom. The highest BCUT2D eigenvalue weighted by Crippen LogP contribution is 2.34. The quantitative estimate of drug-likeness (QED) is 0.825. The molecule has 0 unspecified atom stereocenters. The summed E-state index contributed by atoms with van der Waals surface area (Å²) in [5, 5.41) is 9.70. The summed E-state index contributed by atoms with van der Waals surface area (Å²) in [5.41, 5.74) is 1.53. The van der Waals surface area contributed by atoms with E-state index in [0.29, 0.717) is 6.54 Å². The summed E-state index contributed by atoms with van der Waals surface area (Å²) >= 11 is 0. The van der Waals surface area contributed by atoms with Gasteiger partial charge < -0.3 is 5.11 Å². The van der Waals surface area contributed by atoms with E-state index in [1.807, 2.05) is 67.6 Å². The lowest BCUT2D eigenvalue weighted by Gasteiger charge is -2.30. The van der Waals surface area contributed by atoms with Crippen LogP contribution in [0.5, 0.6) is 0 Å². The summed E-state index contributed by atoms with van der Waals surface area (Å²) in [7, 11) is 0. The van der Waals surface area contributed by atoms with E-state index in [4.69, 9.17) is 0 Å². The van der Waals surface area contributed by atoms with Crippen molar-refractivity contribution >= 4 is 17.5 Å². The minimum atomic E-state index is -0.866. The molecule has 1 N–H and O–H groups in total. The van der Waals surface area contributed by atoms with Gasteiger partial charge in [0.25, 0.3) is 0 Å². The van der Waals surface area contributed by atoms with Crippen LogP contribution in [0.2, 0.25) is 0 Å². The molecule has 2 rings (SSSR count). The molecule has 2 aromatic rings. The van der Waals surface area contributed by atoms with Crippen LogP contribution in [0.4, 0.5) is 16.2 Å². The molecular weight excluding hydrogens is 226 g/mol. The summed E-state index contributed by atoms with van der Waals surface area (Å²) in [6.45, 7) is 2.34. The molecule has 0 spiro atoms. The predicted molar refractivity (Wildman–Crippen MR) is 72.9 cm³/mol. The van der Waals surface area contributed by atoms with Gasteiger partial charge in [-0.25, -0.2) is 0 Å². The molecule has 0 bridgehead atoms. The van der Waals surface area contributed by atoms with E-state index in [1.54, 1.807) is 0 Å². The topological polar surface area (TPSA) is 37.3 Å². The van der Waals surface area contributed by atoms with E-state index in [1.165, 1.54) is 0 Å². The molecule has 0 atom stereocenters. The molecule has 0 aliphatic rings. The lowest BCUT2D eigenvalue weighted by atomic mass is 10.2. The fraction of sp³-hybridized carbons (Fsp3) is 0.133. The predicted octanol–water partition coefficient (Wildman–Crippen LogP) is 4.02. The molecule has 2 aromatic carbocycles. The van der Waals surface area contributed by atoms with Crippen LogP contribution in [0.3, 0.4) is 0 Å². The first-order chi connectivity index (χ1) is 8.71. The molecule has 18 heavy (non-hydrogen) atoms. The fourth-order valence-electron chi connectivity index (χ4n) is 2.24. The van der Waals surface area contributed by atoms with Crippen molar-refractivity contribution in [3.8, 4) is 0 Å². The summed E-state index contributed by atoms with van der Waals surface area (Å²) in [5.74, 6) is 0. The van der Waals surface area contributed by atoms with Gasteiger partial charge >= 0.3 is 6.09 Å². The van der Waals surface area contributed by atoms with Crippen molar-refractivity contribution in [1.29, 1.82) is 0 Å². The maximum Gasteiger partial charge on any atom is 0.524 e. The van der Waals surface area contributed by atoms with E-state index in [2.05, 4.69) is 0 Å². The van der Waals surface area contributed by atoms with Crippen molar-refractivity contribution < 1.29 is 9.90 Å². The highest BCUT2D eigenvalue weighted by molar-refractivity contribution is 5.88. The maximum absolute atomic E-state index is 11.8. The van der Waals surface area contributed by atoms with Crippen LogP contribution >= 0.6 is 0 Å². The second-order valence-corrected chi connectivity index (χ2v) is 4.08. The number of hydrogen-bond donors (Lipinski definition) is 1. The van der Waals surface area contributed by atoms with Gasteiger partial charge in [0.05, 0.1) is 6.54 Å². The molecule has 3 nitrogen and oxygen atoms in total. The van der Waals surface area contributed by atoms with Crippen molar-refractivity contribution in [1.82, 2.24) is 4.48 Å². The number of nitrogens with zero attached hydrogens (tertiary/aromatic N) is 1. The number of quaternary nitrogens is 1. The Kier molecular flexibility index (Phi) is 3.44. The Morgan fingerprint density at radius 3 is 1.61 bits per heavy atom. The molecule has 0 aliphatic heterocycles. The Bertz CT molecular complexity index is 483. The number of carboxylic acid groups (broad SMARTS) is 1. The van der Waals surface area contributed by atoms with Gasteiger partial charge in [0.1, 0.15) is 11.4 Å². The molecule has 0 aliphatic carbocycles. The minimum Gasteiger partial charge on any atom is -0.435 e. The van der Waals surface area contributed by atoms with Crippen LogP contribution in [-0.4, -0.2) is 17.7 Å². The van der Waals surface area contributed by atoms with Crippen molar-refractivity contribution in [2.45, 2.75) is 6.92 Å². The molecule has 0 radical (unpaired) electrons. The molecule has 3 heteroatoms. The Labute approximate surface area is 107 Å². The van der Waals surface area contributed by atoms with Crippen LogP contribution < -0.4 is 4.48 Å². The van der Waals surface area contributed by atoms with Gasteiger partial charge in [0, 0.05) is 24.3 Å². The lowest BCUT2D eigenvalue weighted by Crippen LogP contribution is -2.48. The van der Waals surface area contributed by atoms with Crippen LogP contribution in [0.15, 0.2) is 60.7 Å². The van der Waals surface area contributed by atoms with Crippen LogP contribution in [0, 0.1) is 0 Å². The first-order valence-corrected chi connectivity index (χ1v) is 5.94. The van der Waals surface area contributed by atoms with Crippen LogP contribution in [-0.2, 0) is 0 Å². The van der Waals surface area contributed by atoms with Gasteiger partial charge in [-0.05, 0) is 6.92 Å². The number of rotatable bonds is 3. The Hall–Kier alpha value is -2.13. The second kappa shape index (κ2) is 5.02. The second-order valence-electron chi connectivity index (χ2n) is 4.08. The third-order valence-electron chi connectivity index (χ3n) is 3.19. The van der Waals surface area contributed by atoms with Gasteiger partial charge in [0.2, 0.25) is 0 Å². The lowest BCUT2D eigenvalue weighted by molar-refractivity contribution is 0.167. The van der Waals surface area contributed by atoms with Crippen molar-refractivity contribution in [3.63, 3.8) is 0 Å². The zero-order valence-corrected chi connectivity index (χ0v) is 10.3. The van der Waals surface area contributed by atoms with Crippen molar-refractivity contribution in [2.24, 2.45) is 0 Å². The van der Waals surface area contributed by atoms with Crippen LogP contribution in [0.1, 0.15) is 6.92 Å². The molecule has 0 saturated carbocycles. The molecule has 1 amide bonds. The van der Waals surface area contributed by atoms with Crippen molar-refractivity contribution in [3.05, 3.63) is 60.7 Å². The summed E-state index contributed by atoms with van der Waals surface area (Å²) in [4.78, 5) is 11.8. The normalized spacial score (nSPS) is 11.2. The molecule has 92 valence electrons. The van der Waals surface area contributed by atoms with E-state index < -0.39 is 6.09 Å². The summed E-state index contributed by atoms with van der Waals surface area (Å²) in [6.07, 6.45) is -0.866. The van der Waals surface area contributed by atoms with Gasteiger partial charge in [-0.1, -0.05) is 36.4 Å². The highest BCUT2D eigenvalue weighted by atomic mass is 16.4. The standard InChI is InChI=1S/C15H15NO2/c1-2-16(15(17)18,13-9-5-3-6-10-13)14-11-7-4-8-12-14/h3-12H,2H2,1H3/p+1. The van der Waals surface area contributed by atoms with Crippen LogP contribution in [0.25, 0.3) is 0 Å². The number of para-hydroxylation sites is 2. The number of hydrogen-bond acceptors (Lipinski definition) is 1. The Morgan fingerprint density at radius 1 is 0.944 bits per heavy atom. The zero-order valence-electron chi connectivity index (χ0n) is 10.3. The van der Waals surface area contributed by atoms with E-state index in [0.717, 1.165) is 11.4 Å². The number of carbonyl (C=O) groups is 1. The fourth-order valence-corrected chi connectivity index (χ4v) is 2.24. The summed E-state index contributed by atoms with van der Waals surface area (Å²) < 4.78 is -0.179. The minimum absolute atomic E-state index is 0.179. The number of benzene rings is 2. The average Bonchev–Trinajstić information content (AvgIpc) is 2.42. The first-order valence-electron chi connectivity index (χ1n) is 5.94. The third-order valence-corrected chi connectivity index (χ3v) is 3.19. The Balaban J connectivity index is 2.65. The maximum atomic E-state index is 11.8. The van der Waals surface area contributed by atoms with E-state index in [-0.39, 0.29) is 4.48 Å². The van der Waals surface area contributed by atoms with Gasteiger partial charge in [-0.2, -0.15) is 9.28 Å². The molecule has 0 fully saturated rings. The van der Waals surface area contributed by atoms with Gasteiger partial charge in [-0.3, -0.25) is 0 Å². The van der Waals surface area contributed by atoms with Crippen molar-refractivity contribution in [2.75, 3.05) is 6.54 Å². The monoisotopic (exact) mass is 242 g/mol. The molecule has 0 saturated heterocycles. The largest absolute Gasteiger partial charge is 0.524 e. The molecule has 0 aromatic heterocycles. The van der Waals surface area contributed by atoms with E-state index >= 15 is 0 Å². The third kappa shape index (κ3) is 1.89. The first kappa shape index (κ1) is 12.3. The van der Waals surface area contributed by atoms with Gasteiger partial charge in [0.15, 0.2) is 0 Å². The smallest absolute Gasteiger partial charge is 0.435 e. The SMILES string of the molecule is CC[N+](C(=O)O)(c1ccccc1)c1ccccc1. The van der Waals surface area contributed by atoms with E-state index in [9.17, 15) is 9.90 Å². The zero-order chi connectivity index (χ0) is 13.0. The molecule has 0 heterocycles. The highest BCUT2D eigenvalue weighted by Gasteiger charge is 2.40. The average molecular weight is 242 g/mol. The molecular formula is C15H16NO2+. The van der Waals surface area contributed by atoms with Gasteiger partial charge in [-0.15, -0.1) is 0 Å².